The number of hydrogen-bond donors (Lipinski definition) is 5. The smallest absolute Gasteiger partial charge is 0.408 e. The summed E-state index contributed by atoms with van der Waals surface area (Å²) >= 11 is 13.0. The number of aromatic nitrogens is 1. The topological polar surface area (TPSA) is 163 Å². The summed E-state index contributed by atoms with van der Waals surface area (Å²) in [4.78, 5) is 56.5. The van der Waals surface area contributed by atoms with Gasteiger partial charge in [0.1, 0.15) is 6.61 Å². The van der Waals surface area contributed by atoms with E-state index >= 15 is 0 Å². The maximum absolute atomic E-state index is 14.7. The molecule has 3 aromatic rings. The Morgan fingerprint density at radius 2 is 1.79 bits per heavy atom. The Morgan fingerprint density at radius 1 is 1.06 bits per heavy atom. The highest BCUT2D eigenvalue weighted by molar-refractivity contribution is 6.38. The van der Waals surface area contributed by atoms with Crippen molar-refractivity contribution in [3.63, 3.8) is 0 Å². The van der Waals surface area contributed by atoms with Gasteiger partial charge in [0, 0.05) is 29.4 Å². The van der Waals surface area contributed by atoms with E-state index in [1.54, 1.807) is 6.07 Å². The Labute approximate surface area is 320 Å². The lowest BCUT2D eigenvalue weighted by Crippen LogP contribution is -2.56. The second-order valence-corrected chi connectivity index (χ2v) is 15.2. The summed E-state index contributed by atoms with van der Waals surface area (Å²) in [5.74, 6) is -0.742. The first-order chi connectivity index (χ1) is 25.3. The maximum Gasteiger partial charge on any atom is 0.408 e. The van der Waals surface area contributed by atoms with Crippen LogP contribution in [0.2, 0.25) is 10.0 Å². The molecule has 2 heterocycles. The number of alkyl carbamates (subject to hydrolysis) is 1. The van der Waals surface area contributed by atoms with Crippen molar-refractivity contribution in [1.82, 2.24) is 26.4 Å². The molecule has 0 bridgehead atoms. The van der Waals surface area contributed by atoms with Crippen LogP contribution in [0.3, 0.4) is 0 Å². The number of nitrogens with one attached hydrogen (secondary N) is 5. The average Bonchev–Trinajstić information content (AvgIpc) is 3.75. The number of halogens is 2. The Morgan fingerprint density at radius 3 is 2.49 bits per heavy atom. The molecule has 286 valence electrons. The van der Waals surface area contributed by atoms with E-state index in [-0.39, 0.29) is 48.5 Å². The van der Waals surface area contributed by atoms with E-state index < -0.39 is 29.8 Å². The molecule has 6 atom stereocenters. The van der Waals surface area contributed by atoms with Gasteiger partial charge < -0.3 is 25.1 Å². The van der Waals surface area contributed by atoms with Gasteiger partial charge in [-0.15, -0.1) is 5.10 Å². The first-order valence-corrected chi connectivity index (χ1v) is 19.2. The van der Waals surface area contributed by atoms with Gasteiger partial charge in [0.2, 0.25) is 18.0 Å². The molecule has 3 unspecified atom stereocenters. The zero-order valence-corrected chi connectivity index (χ0v) is 32.5. The standard InChI is InChI=1S/C39H50Cl2N6O6/c1-6-22(3)32(45-38(51)52-21-25-12-9-8-10-13-25)31(49)14-11-16-39(17-15-30-28(20-39)27-18-26(40)19-29(41)34(27)43-30)36(50)44-33(23(4)7-2)35-46-47-37(53-35)42-24(5)48/h8-10,12-13,18-19,22-23,32-33,35,43,46H,6-7,11,14-17,20-21H2,1-5H3,(H,44,50)(H,45,51)(H,42,47,48)/t22?,23?,32-,33-,35?,39+/m0/s1. The molecule has 1 aromatic heterocycles. The number of fused-ring (bicyclic) bond motifs is 3. The van der Waals surface area contributed by atoms with E-state index in [0.29, 0.717) is 48.6 Å². The summed E-state index contributed by atoms with van der Waals surface area (Å²) in [7, 11) is 0. The number of benzene rings is 2. The Bertz CT molecular complexity index is 1830. The second-order valence-electron chi connectivity index (χ2n) is 14.4. The molecule has 5 rings (SSSR count). The van der Waals surface area contributed by atoms with Gasteiger partial charge in [-0.3, -0.25) is 25.1 Å². The van der Waals surface area contributed by atoms with Crippen LogP contribution in [0.25, 0.3) is 10.9 Å². The van der Waals surface area contributed by atoms with Crippen LogP contribution in [-0.4, -0.2) is 53.0 Å². The number of amides is 3. The lowest BCUT2D eigenvalue weighted by atomic mass is 9.68. The van der Waals surface area contributed by atoms with Crippen molar-refractivity contribution in [1.29, 1.82) is 0 Å². The lowest BCUT2D eigenvalue weighted by molar-refractivity contribution is -0.135. The molecule has 0 spiro atoms. The molecule has 5 N–H and O–H groups in total. The molecule has 3 amide bonds. The van der Waals surface area contributed by atoms with Crippen molar-refractivity contribution >= 4 is 63.8 Å². The Hall–Kier alpha value is -4.29. The van der Waals surface area contributed by atoms with Gasteiger partial charge in [-0.2, -0.15) is 0 Å². The highest BCUT2D eigenvalue weighted by Gasteiger charge is 2.45. The number of hydrogen-bond acceptors (Lipinski definition) is 8. The fourth-order valence-corrected chi connectivity index (χ4v) is 7.75. The molecule has 53 heavy (non-hydrogen) atoms. The lowest BCUT2D eigenvalue weighted by Gasteiger charge is -2.39. The number of hydrazone groups is 1. The predicted molar refractivity (Wildman–Crippen MR) is 205 cm³/mol. The zero-order chi connectivity index (χ0) is 38.3. The molecule has 1 aliphatic carbocycles. The highest BCUT2D eigenvalue weighted by atomic mass is 35.5. The number of nitrogens with zero attached hydrogens (tertiary/aromatic N) is 1. The largest absolute Gasteiger partial charge is 0.445 e. The van der Waals surface area contributed by atoms with Gasteiger partial charge >= 0.3 is 12.1 Å². The number of ketones is 1. The molecule has 12 nitrogen and oxygen atoms in total. The number of carbonyl (C=O) groups is 4. The van der Waals surface area contributed by atoms with Crippen LogP contribution in [-0.2, 0) is 43.3 Å². The van der Waals surface area contributed by atoms with Crippen LogP contribution in [0.4, 0.5) is 4.79 Å². The normalized spacial score (nSPS) is 20.1. The second kappa shape index (κ2) is 17.7. The Balaban J connectivity index is 1.35. The van der Waals surface area contributed by atoms with E-state index in [2.05, 4.69) is 31.5 Å². The van der Waals surface area contributed by atoms with E-state index in [1.807, 2.05) is 64.1 Å². The van der Waals surface area contributed by atoms with Gasteiger partial charge in [0.15, 0.2) is 5.78 Å². The number of aromatic amines is 1. The molecule has 0 radical (unpaired) electrons. The summed E-state index contributed by atoms with van der Waals surface area (Å²) in [5, 5.41) is 14.6. The molecule has 0 fully saturated rings. The van der Waals surface area contributed by atoms with Crippen LogP contribution in [0.1, 0.15) is 90.0 Å². The van der Waals surface area contributed by atoms with Crippen LogP contribution < -0.4 is 21.4 Å². The van der Waals surface area contributed by atoms with Gasteiger partial charge in [-0.1, -0.05) is 94.1 Å². The fraction of sp³-hybridized carbons (Fsp3) is 0.513. The van der Waals surface area contributed by atoms with Gasteiger partial charge in [0.25, 0.3) is 0 Å². The number of rotatable bonds is 15. The first-order valence-electron chi connectivity index (χ1n) is 18.4. The SMILES string of the molecule is CCC(C)[C@H](NC(=O)[C@]1(CCCC(=O)[C@@H](NC(=O)OCc2ccccc2)C(C)CC)CCc2[nH]c3c(Cl)cc(Cl)cc3c2C1)C1NN=C(NC(C)=O)O1. The molecule has 0 saturated heterocycles. The summed E-state index contributed by atoms with van der Waals surface area (Å²) in [5.41, 5.74) is 5.64. The quantitative estimate of drug-likeness (QED) is 0.112. The Kier molecular flexibility index (Phi) is 13.3. The minimum absolute atomic E-state index is 0.0178. The van der Waals surface area contributed by atoms with Crippen molar-refractivity contribution in [3.8, 4) is 0 Å². The fourth-order valence-electron chi connectivity index (χ4n) is 7.21. The summed E-state index contributed by atoms with van der Waals surface area (Å²) in [6.45, 7) is 9.41. The summed E-state index contributed by atoms with van der Waals surface area (Å²) in [6, 6.07) is 11.7. The molecular weight excluding hydrogens is 719 g/mol. The van der Waals surface area contributed by atoms with Crippen molar-refractivity contribution in [2.24, 2.45) is 22.4 Å². The minimum Gasteiger partial charge on any atom is -0.445 e. The van der Waals surface area contributed by atoms with Crippen LogP contribution >= 0.6 is 23.2 Å². The molecule has 2 aliphatic rings. The molecule has 1 aliphatic heterocycles. The summed E-state index contributed by atoms with van der Waals surface area (Å²) < 4.78 is 11.4. The predicted octanol–water partition coefficient (Wildman–Crippen LogP) is 6.91. The average molecular weight is 770 g/mol. The number of carbonyl (C=O) groups excluding carboxylic acids is 4. The van der Waals surface area contributed by atoms with Gasteiger partial charge in [0.05, 0.1) is 28.0 Å². The third-order valence-electron chi connectivity index (χ3n) is 10.7. The number of Topliss-reactive ketones (excluding diaryl/α,β-unsaturated/α-hetero) is 1. The molecule has 0 saturated carbocycles. The number of ether oxygens (including phenoxy) is 2. The third-order valence-corrected chi connectivity index (χ3v) is 11.2. The van der Waals surface area contributed by atoms with E-state index in [0.717, 1.165) is 34.1 Å². The zero-order valence-electron chi connectivity index (χ0n) is 30.9. The third kappa shape index (κ3) is 9.64. The van der Waals surface area contributed by atoms with Crippen LogP contribution in [0, 0.1) is 17.3 Å². The van der Waals surface area contributed by atoms with Crippen molar-refractivity contribution < 1.29 is 28.7 Å². The molecule has 14 heteroatoms. The maximum atomic E-state index is 14.7. The summed E-state index contributed by atoms with van der Waals surface area (Å²) in [6.07, 6.45) is 2.57. The number of aryl methyl sites for hydroxylation is 1. The number of H-pyrrole nitrogens is 1. The van der Waals surface area contributed by atoms with E-state index in [9.17, 15) is 19.2 Å². The van der Waals surface area contributed by atoms with Crippen molar-refractivity contribution in [3.05, 3.63) is 69.3 Å². The first kappa shape index (κ1) is 39.9. The van der Waals surface area contributed by atoms with Crippen LogP contribution in [0.5, 0.6) is 0 Å². The molecule has 2 aromatic carbocycles. The highest BCUT2D eigenvalue weighted by Crippen LogP contribution is 2.44. The number of amidine groups is 1. The van der Waals surface area contributed by atoms with E-state index in [4.69, 9.17) is 32.7 Å². The van der Waals surface area contributed by atoms with Crippen molar-refractivity contribution in [2.75, 3.05) is 0 Å². The van der Waals surface area contributed by atoms with Crippen molar-refractivity contribution in [2.45, 2.75) is 111 Å². The van der Waals surface area contributed by atoms with Gasteiger partial charge in [-0.05, 0) is 67.2 Å². The van der Waals surface area contributed by atoms with E-state index in [1.165, 1.54) is 6.92 Å². The van der Waals surface area contributed by atoms with Gasteiger partial charge in [-0.25, -0.2) is 4.79 Å². The molecular formula is C39H50Cl2N6O6. The van der Waals surface area contributed by atoms with Crippen LogP contribution in [0.15, 0.2) is 47.6 Å². The monoisotopic (exact) mass is 768 g/mol. The minimum atomic E-state index is -0.892.